The minimum atomic E-state index is 0.562. The van der Waals surface area contributed by atoms with Crippen LogP contribution in [0.15, 0.2) is 36.7 Å². The number of rotatable bonds is 2. The number of nitrogens with zero attached hydrogens (tertiary/aromatic N) is 2. The summed E-state index contributed by atoms with van der Waals surface area (Å²) in [5.41, 5.74) is 3.82. The van der Waals surface area contributed by atoms with E-state index < -0.39 is 0 Å². The van der Waals surface area contributed by atoms with Crippen LogP contribution in [0.5, 0.6) is 0 Å². The van der Waals surface area contributed by atoms with Crippen LogP contribution in [0.4, 0.5) is 0 Å². The Morgan fingerprint density at radius 1 is 1.05 bits per heavy atom. The molecule has 2 heterocycles. The Bertz CT molecular complexity index is 548. The molecule has 3 rings (SSSR count). The van der Waals surface area contributed by atoms with Gasteiger partial charge in [-0.3, -0.25) is 0 Å². The fraction of sp³-hybridized carbons (Fsp3) is 0.375. The summed E-state index contributed by atoms with van der Waals surface area (Å²) in [7, 11) is 0. The molecule has 0 atom stereocenters. The van der Waals surface area contributed by atoms with Crippen LogP contribution < -0.4 is 0 Å². The van der Waals surface area contributed by atoms with Crippen LogP contribution >= 0.6 is 0 Å². The molecule has 1 saturated heterocycles. The average Bonchev–Trinajstić information content (AvgIpc) is 2.49. The standard InChI is InChI=1S/C16H18N2O/c1-12-4-2-5-14(13-6-10-19-11-7-13)15(12)16-17-8-3-9-18-16/h2-5,8-9,13H,6-7,10-11H2,1H3. The van der Waals surface area contributed by atoms with Crippen molar-refractivity contribution in [2.75, 3.05) is 13.2 Å². The van der Waals surface area contributed by atoms with Gasteiger partial charge in [0, 0.05) is 31.2 Å². The number of benzene rings is 1. The van der Waals surface area contributed by atoms with Crippen LogP contribution in [0, 0.1) is 6.92 Å². The van der Waals surface area contributed by atoms with E-state index in [0.717, 1.165) is 31.9 Å². The predicted molar refractivity (Wildman–Crippen MR) is 75.0 cm³/mol. The number of hydrogen-bond donors (Lipinski definition) is 0. The monoisotopic (exact) mass is 254 g/mol. The van der Waals surface area contributed by atoms with E-state index in [1.165, 1.54) is 16.7 Å². The molecule has 98 valence electrons. The zero-order valence-electron chi connectivity index (χ0n) is 11.2. The highest BCUT2D eigenvalue weighted by Crippen LogP contribution is 2.35. The first-order valence-corrected chi connectivity index (χ1v) is 6.81. The largest absolute Gasteiger partial charge is 0.381 e. The summed E-state index contributed by atoms with van der Waals surface area (Å²) >= 11 is 0. The smallest absolute Gasteiger partial charge is 0.159 e. The van der Waals surface area contributed by atoms with Gasteiger partial charge in [0.25, 0.3) is 0 Å². The van der Waals surface area contributed by atoms with Gasteiger partial charge in [0.05, 0.1) is 0 Å². The van der Waals surface area contributed by atoms with Crippen molar-refractivity contribution in [2.24, 2.45) is 0 Å². The molecule has 1 aromatic heterocycles. The van der Waals surface area contributed by atoms with Gasteiger partial charge in [-0.25, -0.2) is 9.97 Å². The molecule has 0 amide bonds. The van der Waals surface area contributed by atoms with Crippen molar-refractivity contribution in [3.05, 3.63) is 47.8 Å². The highest BCUT2D eigenvalue weighted by Gasteiger charge is 2.21. The highest BCUT2D eigenvalue weighted by atomic mass is 16.5. The van der Waals surface area contributed by atoms with Crippen molar-refractivity contribution in [1.29, 1.82) is 0 Å². The van der Waals surface area contributed by atoms with E-state index in [1.807, 2.05) is 18.5 Å². The molecule has 1 aromatic carbocycles. The summed E-state index contributed by atoms with van der Waals surface area (Å²) < 4.78 is 5.47. The van der Waals surface area contributed by atoms with Gasteiger partial charge >= 0.3 is 0 Å². The lowest BCUT2D eigenvalue weighted by atomic mass is 9.86. The van der Waals surface area contributed by atoms with E-state index in [4.69, 9.17) is 4.74 Å². The molecule has 3 nitrogen and oxygen atoms in total. The van der Waals surface area contributed by atoms with Crippen molar-refractivity contribution < 1.29 is 4.74 Å². The summed E-state index contributed by atoms with van der Waals surface area (Å²) in [4.78, 5) is 8.85. The molecule has 0 radical (unpaired) electrons. The van der Waals surface area contributed by atoms with E-state index in [1.54, 1.807) is 0 Å². The third-order valence-corrected chi connectivity index (χ3v) is 3.76. The van der Waals surface area contributed by atoms with Crippen molar-refractivity contribution >= 4 is 0 Å². The van der Waals surface area contributed by atoms with Crippen molar-refractivity contribution in [3.63, 3.8) is 0 Å². The van der Waals surface area contributed by atoms with Crippen LogP contribution in [-0.4, -0.2) is 23.2 Å². The normalized spacial score (nSPS) is 16.5. The van der Waals surface area contributed by atoms with Gasteiger partial charge < -0.3 is 4.74 Å². The van der Waals surface area contributed by atoms with Crippen LogP contribution in [-0.2, 0) is 4.74 Å². The molecule has 1 fully saturated rings. The van der Waals surface area contributed by atoms with E-state index >= 15 is 0 Å². The maximum atomic E-state index is 5.47. The molecule has 0 bridgehead atoms. The second-order valence-electron chi connectivity index (χ2n) is 5.00. The Morgan fingerprint density at radius 2 is 1.79 bits per heavy atom. The lowest BCUT2D eigenvalue weighted by Gasteiger charge is -2.25. The highest BCUT2D eigenvalue weighted by molar-refractivity contribution is 5.65. The number of ether oxygens (including phenoxy) is 1. The Kier molecular flexibility index (Phi) is 3.56. The Hall–Kier alpha value is -1.74. The molecular formula is C16H18N2O. The minimum Gasteiger partial charge on any atom is -0.381 e. The first-order valence-electron chi connectivity index (χ1n) is 6.81. The third kappa shape index (κ3) is 2.51. The average molecular weight is 254 g/mol. The SMILES string of the molecule is Cc1cccc(C2CCOCC2)c1-c1ncccn1. The van der Waals surface area contributed by atoms with E-state index in [9.17, 15) is 0 Å². The fourth-order valence-electron chi connectivity index (χ4n) is 2.77. The van der Waals surface area contributed by atoms with Crippen molar-refractivity contribution in [2.45, 2.75) is 25.7 Å². The Morgan fingerprint density at radius 3 is 2.53 bits per heavy atom. The summed E-state index contributed by atoms with van der Waals surface area (Å²) in [6.07, 6.45) is 5.79. The predicted octanol–water partition coefficient (Wildman–Crippen LogP) is 3.35. The third-order valence-electron chi connectivity index (χ3n) is 3.76. The summed E-state index contributed by atoms with van der Waals surface area (Å²) in [5, 5.41) is 0. The van der Waals surface area contributed by atoms with E-state index in [2.05, 4.69) is 35.1 Å². The molecule has 0 unspecified atom stereocenters. The Balaban J connectivity index is 2.07. The van der Waals surface area contributed by atoms with Gasteiger partial charge in [-0.15, -0.1) is 0 Å². The van der Waals surface area contributed by atoms with Crippen LogP contribution in [0.3, 0.4) is 0 Å². The Labute approximate surface area is 113 Å². The number of aryl methyl sites for hydroxylation is 1. The maximum absolute atomic E-state index is 5.47. The molecule has 0 saturated carbocycles. The number of aromatic nitrogens is 2. The first kappa shape index (κ1) is 12.3. The molecule has 19 heavy (non-hydrogen) atoms. The summed E-state index contributed by atoms with van der Waals surface area (Å²) in [6.45, 7) is 3.84. The molecule has 0 spiro atoms. The van der Waals surface area contributed by atoms with Crippen LogP contribution in [0.25, 0.3) is 11.4 Å². The molecule has 0 aliphatic carbocycles. The molecule has 3 heteroatoms. The van der Waals surface area contributed by atoms with Gasteiger partial charge in [0.1, 0.15) is 0 Å². The van der Waals surface area contributed by atoms with Crippen molar-refractivity contribution in [1.82, 2.24) is 9.97 Å². The van der Waals surface area contributed by atoms with Gasteiger partial charge in [0.2, 0.25) is 0 Å². The summed E-state index contributed by atoms with van der Waals surface area (Å²) in [6, 6.07) is 8.34. The second-order valence-corrected chi connectivity index (χ2v) is 5.00. The summed E-state index contributed by atoms with van der Waals surface area (Å²) in [5.74, 6) is 1.40. The quantitative estimate of drug-likeness (QED) is 0.824. The molecular weight excluding hydrogens is 236 g/mol. The lowest BCUT2D eigenvalue weighted by molar-refractivity contribution is 0.0854. The zero-order chi connectivity index (χ0) is 13.1. The van der Waals surface area contributed by atoms with E-state index in [-0.39, 0.29) is 0 Å². The topological polar surface area (TPSA) is 35.0 Å². The van der Waals surface area contributed by atoms with Gasteiger partial charge in [-0.05, 0) is 42.9 Å². The second kappa shape index (κ2) is 5.49. The minimum absolute atomic E-state index is 0.562. The maximum Gasteiger partial charge on any atom is 0.159 e. The van der Waals surface area contributed by atoms with Crippen molar-refractivity contribution in [3.8, 4) is 11.4 Å². The fourth-order valence-corrected chi connectivity index (χ4v) is 2.77. The van der Waals surface area contributed by atoms with Gasteiger partial charge in [-0.2, -0.15) is 0 Å². The molecule has 1 aliphatic heterocycles. The van der Waals surface area contributed by atoms with E-state index in [0.29, 0.717) is 5.92 Å². The number of hydrogen-bond acceptors (Lipinski definition) is 3. The van der Waals surface area contributed by atoms with Gasteiger partial charge in [-0.1, -0.05) is 18.2 Å². The molecule has 0 N–H and O–H groups in total. The van der Waals surface area contributed by atoms with Gasteiger partial charge in [0.15, 0.2) is 5.82 Å². The van der Waals surface area contributed by atoms with Crippen LogP contribution in [0.1, 0.15) is 29.9 Å². The molecule has 1 aliphatic rings. The molecule has 2 aromatic rings. The first-order chi connectivity index (χ1) is 9.36. The lowest BCUT2D eigenvalue weighted by Crippen LogP contribution is -2.15. The zero-order valence-corrected chi connectivity index (χ0v) is 11.2. The van der Waals surface area contributed by atoms with Crippen LogP contribution in [0.2, 0.25) is 0 Å².